The Bertz CT molecular complexity index is 670. The van der Waals surface area contributed by atoms with Gasteiger partial charge in [0.2, 0.25) is 0 Å². The molecule has 0 fully saturated rings. The fraction of sp³-hybridized carbons (Fsp3) is 0.263. The minimum absolute atomic E-state index is 0.195. The van der Waals surface area contributed by atoms with Crippen molar-refractivity contribution < 1.29 is 13.9 Å². The van der Waals surface area contributed by atoms with Crippen LogP contribution in [0.3, 0.4) is 0 Å². The monoisotopic (exact) mass is 315 g/mol. The number of benzene rings is 2. The molecule has 0 saturated heterocycles. The molecule has 0 spiro atoms. The van der Waals surface area contributed by atoms with Crippen LogP contribution < -0.4 is 14.8 Å². The van der Waals surface area contributed by atoms with Gasteiger partial charge >= 0.3 is 0 Å². The summed E-state index contributed by atoms with van der Waals surface area (Å²) in [7, 11) is 3.24. The number of hydrogen-bond donors (Lipinski definition) is 1. The summed E-state index contributed by atoms with van der Waals surface area (Å²) in [5.41, 5.74) is 2.72. The summed E-state index contributed by atoms with van der Waals surface area (Å²) in [6.07, 6.45) is 2.52. The standard InChI is InChI=1S/C19H22FNO2/c1-4-7-15-10-14(11-18(22-2)19(15)23-3)12-21-13-16-8-5-6-9-17(16)20/h4-6,8-11,21H,1,7,12-13H2,2-3H3. The largest absolute Gasteiger partial charge is 0.493 e. The van der Waals surface area contributed by atoms with Crippen LogP contribution in [0.1, 0.15) is 16.7 Å². The molecule has 2 rings (SSSR count). The quantitative estimate of drug-likeness (QED) is 0.750. The van der Waals surface area contributed by atoms with Crippen molar-refractivity contribution in [2.75, 3.05) is 14.2 Å². The van der Waals surface area contributed by atoms with Gasteiger partial charge in [-0.05, 0) is 24.1 Å². The van der Waals surface area contributed by atoms with Crippen molar-refractivity contribution in [2.24, 2.45) is 0 Å². The summed E-state index contributed by atoms with van der Waals surface area (Å²) in [6, 6.07) is 10.8. The Morgan fingerprint density at radius 1 is 1.09 bits per heavy atom. The Balaban J connectivity index is 2.11. The number of allylic oxidation sites excluding steroid dienone is 1. The van der Waals surface area contributed by atoms with Gasteiger partial charge in [0.1, 0.15) is 5.82 Å². The summed E-state index contributed by atoms with van der Waals surface area (Å²) in [5, 5.41) is 3.25. The van der Waals surface area contributed by atoms with Gasteiger partial charge in [-0.1, -0.05) is 30.3 Å². The van der Waals surface area contributed by atoms with Crippen molar-refractivity contribution in [3.63, 3.8) is 0 Å². The molecule has 0 aliphatic heterocycles. The first-order chi connectivity index (χ1) is 11.2. The first-order valence-corrected chi connectivity index (χ1v) is 7.48. The lowest BCUT2D eigenvalue weighted by Gasteiger charge is -2.15. The van der Waals surface area contributed by atoms with Crippen molar-refractivity contribution >= 4 is 0 Å². The van der Waals surface area contributed by atoms with E-state index >= 15 is 0 Å². The van der Waals surface area contributed by atoms with E-state index in [1.54, 1.807) is 26.4 Å². The van der Waals surface area contributed by atoms with Crippen LogP contribution in [0.5, 0.6) is 11.5 Å². The summed E-state index contributed by atoms with van der Waals surface area (Å²) < 4.78 is 24.4. The average molecular weight is 315 g/mol. The van der Waals surface area contributed by atoms with Crippen LogP contribution in [-0.4, -0.2) is 14.2 Å². The van der Waals surface area contributed by atoms with E-state index in [0.717, 1.165) is 16.9 Å². The summed E-state index contributed by atoms with van der Waals surface area (Å²) in [5.74, 6) is 1.22. The normalized spacial score (nSPS) is 10.4. The van der Waals surface area contributed by atoms with E-state index in [4.69, 9.17) is 9.47 Å². The van der Waals surface area contributed by atoms with Gasteiger partial charge in [0.15, 0.2) is 11.5 Å². The second-order valence-corrected chi connectivity index (χ2v) is 5.18. The maximum atomic E-state index is 13.6. The van der Waals surface area contributed by atoms with Gasteiger partial charge < -0.3 is 14.8 Å². The van der Waals surface area contributed by atoms with E-state index < -0.39 is 0 Å². The van der Waals surface area contributed by atoms with Crippen molar-refractivity contribution in [3.8, 4) is 11.5 Å². The Morgan fingerprint density at radius 2 is 1.87 bits per heavy atom. The van der Waals surface area contributed by atoms with Crippen LogP contribution >= 0.6 is 0 Å². The van der Waals surface area contributed by atoms with Gasteiger partial charge in [0.05, 0.1) is 14.2 Å². The molecule has 2 aromatic rings. The van der Waals surface area contributed by atoms with Crippen LogP contribution in [0, 0.1) is 5.82 Å². The maximum Gasteiger partial charge on any atom is 0.164 e. The number of rotatable bonds is 8. The fourth-order valence-corrected chi connectivity index (χ4v) is 2.50. The molecule has 0 aliphatic rings. The Labute approximate surface area is 136 Å². The van der Waals surface area contributed by atoms with E-state index in [0.29, 0.717) is 30.8 Å². The van der Waals surface area contributed by atoms with Gasteiger partial charge in [-0.15, -0.1) is 6.58 Å². The number of hydrogen-bond acceptors (Lipinski definition) is 3. The molecule has 0 saturated carbocycles. The van der Waals surface area contributed by atoms with E-state index in [9.17, 15) is 4.39 Å². The maximum absolute atomic E-state index is 13.6. The molecule has 0 bridgehead atoms. The van der Waals surface area contributed by atoms with E-state index in [-0.39, 0.29) is 5.82 Å². The molecule has 0 heterocycles. The van der Waals surface area contributed by atoms with E-state index in [2.05, 4.69) is 18.0 Å². The average Bonchev–Trinajstić information content (AvgIpc) is 2.56. The highest BCUT2D eigenvalue weighted by Crippen LogP contribution is 2.33. The molecule has 122 valence electrons. The molecule has 23 heavy (non-hydrogen) atoms. The lowest BCUT2D eigenvalue weighted by atomic mass is 10.1. The van der Waals surface area contributed by atoms with Crippen molar-refractivity contribution in [3.05, 3.63) is 71.6 Å². The highest BCUT2D eigenvalue weighted by atomic mass is 19.1. The van der Waals surface area contributed by atoms with Crippen LogP contribution in [0.4, 0.5) is 4.39 Å². The second kappa shape index (κ2) is 8.34. The van der Waals surface area contributed by atoms with Crippen LogP contribution in [0.2, 0.25) is 0 Å². The fourth-order valence-electron chi connectivity index (χ4n) is 2.50. The van der Waals surface area contributed by atoms with Gasteiger partial charge in [-0.2, -0.15) is 0 Å². The topological polar surface area (TPSA) is 30.5 Å². The predicted octanol–water partition coefficient (Wildman–Crippen LogP) is 3.86. The number of ether oxygens (including phenoxy) is 2. The predicted molar refractivity (Wildman–Crippen MR) is 90.4 cm³/mol. The zero-order chi connectivity index (χ0) is 16.7. The van der Waals surface area contributed by atoms with Crippen molar-refractivity contribution in [1.82, 2.24) is 5.32 Å². The van der Waals surface area contributed by atoms with Crippen LogP contribution in [-0.2, 0) is 19.5 Å². The van der Waals surface area contributed by atoms with E-state index in [1.807, 2.05) is 18.2 Å². The highest BCUT2D eigenvalue weighted by Gasteiger charge is 2.11. The third-order valence-corrected chi connectivity index (χ3v) is 3.58. The van der Waals surface area contributed by atoms with Crippen molar-refractivity contribution in [2.45, 2.75) is 19.5 Å². The van der Waals surface area contributed by atoms with Gasteiger partial charge in [-0.3, -0.25) is 0 Å². The third-order valence-electron chi connectivity index (χ3n) is 3.58. The SMILES string of the molecule is C=CCc1cc(CNCc2ccccc2F)cc(OC)c1OC. The number of methoxy groups -OCH3 is 2. The number of nitrogens with one attached hydrogen (secondary N) is 1. The Morgan fingerprint density at radius 3 is 2.52 bits per heavy atom. The molecule has 0 atom stereocenters. The first-order valence-electron chi connectivity index (χ1n) is 7.48. The molecule has 0 unspecified atom stereocenters. The molecule has 0 amide bonds. The molecular formula is C19H22FNO2. The lowest BCUT2D eigenvalue weighted by Crippen LogP contribution is -2.14. The molecule has 2 aromatic carbocycles. The Hall–Kier alpha value is -2.33. The van der Waals surface area contributed by atoms with Crippen molar-refractivity contribution in [1.29, 1.82) is 0 Å². The smallest absolute Gasteiger partial charge is 0.164 e. The first kappa shape index (κ1) is 17.0. The summed E-state index contributed by atoms with van der Waals surface area (Å²) in [4.78, 5) is 0. The molecule has 0 radical (unpaired) electrons. The zero-order valence-electron chi connectivity index (χ0n) is 13.6. The molecular weight excluding hydrogens is 293 g/mol. The second-order valence-electron chi connectivity index (χ2n) is 5.18. The third kappa shape index (κ3) is 4.33. The van der Waals surface area contributed by atoms with Gasteiger partial charge in [0.25, 0.3) is 0 Å². The summed E-state index contributed by atoms with van der Waals surface area (Å²) in [6.45, 7) is 4.85. The van der Waals surface area contributed by atoms with Gasteiger partial charge in [0, 0.05) is 24.2 Å². The molecule has 3 nitrogen and oxygen atoms in total. The van der Waals surface area contributed by atoms with Crippen LogP contribution in [0.25, 0.3) is 0 Å². The van der Waals surface area contributed by atoms with E-state index in [1.165, 1.54) is 6.07 Å². The Kier molecular flexibility index (Phi) is 6.18. The highest BCUT2D eigenvalue weighted by molar-refractivity contribution is 5.50. The summed E-state index contributed by atoms with van der Waals surface area (Å²) >= 11 is 0. The van der Waals surface area contributed by atoms with Gasteiger partial charge in [-0.25, -0.2) is 4.39 Å². The van der Waals surface area contributed by atoms with Crippen LogP contribution in [0.15, 0.2) is 49.1 Å². The lowest BCUT2D eigenvalue weighted by molar-refractivity contribution is 0.351. The molecule has 1 N–H and O–H groups in total. The molecule has 0 aliphatic carbocycles. The molecule has 0 aromatic heterocycles. The zero-order valence-corrected chi connectivity index (χ0v) is 13.6. The minimum atomic E-state index is -0.195. The minimum Gasteiger partial charge on any atom is -0.493 e. The molecule has 4 heteroatoms. The number of halogens is 1.